The number of thiocarbonyl (C=S) groups is 1. The van der Waals surface area contributed by atoms with Gasteiger partial charge in [0.25, 0.3) is 10.0 Å². The number of nitrogens with one attached hydrogen (secondary N) is 1. The smallest absolute Gasteiger partial charge is 0.251 e. The van der Waals surface area contributed by atoms with Crippen molar-refractivity contribution in [2.75, 3.05) is 0 Å². The molecule has 19 heavy (non-hydrogen) atoms. The maximum absolute atomic E-state index is 12.4. The molecular weight excluding hydrogens is 392 g/mol. The monoisotopic (exact) mass is 402 g/mol. The Morgan fingerprint density at radius 3 is 2.53 bits per heavy atom. The molecule has 0 atom stereocenters. The number of hydrogen-bond acceptors (Lipinski definition) is 4. The Hall–Kier alpha value is 0.270. The predicted molar refractivity (Wildman–Crippen MR) is 85.3 cm³/mol. The molecule has 1 heterocycles. The zero-order valence-corrected chi connectivity index (χ0v) is 14.6. The van der Waals surface area contributed by atoms with Crippen LogP contribution in [0.2, 0.25) is 5.02 Å². The molecule has 0 saturated heterocycles. The summed E-state index contributed by atoms with van der Waals surface area (Å²) in [6.07, 6.45) is 3.10. The van der Waals surface area contributed by atoms with Crippen LogP contribution in [-0.2, 0) is 10.0 Å². The van der Waals surface area contributed by atoms with E-state index in [1.165, 1.54) is 6.07 Å². The molecule has 4 nitrogen and oxygen atoms in total. The van der Waals surface area contributed by atoms with Gasteiger partial charge in [0, 0.05) is 0 Å². The van der Waals surface area contributed by atoms with Crippen molar-refractivity contribution in [2.45, 2.75) is 35.4 Å². The summed E-state index contributed by atoms with van der Waals surface area (Å²) in [4.78, 5) is 0.204. The molecule has 1 aromatic rings. The Morgan fingerprint density at radius 2 is 2.11 bits per heavy atom. The highest BCUT2D eigenvalue weighted by Gasteiger charge is 2.41. The van der Waals surface area contributed by atoms with Crippen LogP contribution < -0.4 is 10.5 Å². The topological polar surface area (TPSA) is 72.2 Å². The van der Waals surface area contributed by atoms with Crippen molar-refractivity contribution in [3.63, 3.8) is 0 Å². The first-order valence-electron chi connectivity index (χ1n) is 5.56. The summed E-state index contributed by atoms with van der Waals surface area (Å²) < 4.78 is 28.1. The van der Waals surface area contributed by atoms with Gasteiger partial charge >= 0.3 is 0 Å². The molecule has 3 N–H and O–H groups in total. The van der Waals surface area contributed by atoms with Crippen LogP contribution in [0.5, 0.6) is 0 Å². The number of rotatable bonds is 4. The van der Waals surface area contributed by atoms with Gasteiger partial charge in [0.1, 0.15) is 4.21 Å². The average Bonchev–Trinajstić information content (AvgIpc) is 2.88. The molecule has 0 unspecified atom stereocenters. The predicted octanol–water partition coefficient (Wildman–Crippen LogP) is 3.04. The van der Waals surface area contributed by atoms with E-state index in [0.717, 1.165) is 24.2 Å². The van der Waals surface area contributed by atoms with Gasteiger partial charge in [-0.3, -0.25) is 0 Å². The molecule has 2 rings (SSSR count). The molecular formula is C10H12BrClN2O2S3. The molecule has 106 valence electrons. The quantitative estimate of drug-likeness (QED) is 0.758. The normalized spacial score (nSPS) is 18.6. The van der Waals surface area contributed by atoms with Crippen LogP contribution in [0.3, 0.4) is 0 Å². The van der Waals surface area contributed by atoms with Crippen molar-refractivity contribution >= 4 is 66.1 Å². The number of hydrogen-bond donors (Lipinski definition) is 2. The fraction of sp³-hybridized carbons (Fsp3) is 0.500. The molecule has 0 aromatic carbocycles. The minimum absolute atomic E-state index is 0.159. The van der Waals surface area contributed by atoms with Crippen molar-refractivity contribution in [2.24, 2.45) is 5.73 Å². The van der Waals surface area contributed by atoms with Gasteiger partial charge in [-0.15, -0.1) is 11.3 Å². The van der Waals surface area contributed by atoms with Crippen molar-refractivity contribution in [1.82, 2.24) is 4.72 Å². The summed E-state index contributed by atoms with van der Waals surface area (Å²) in [5, 5.41) is 0.376. The van der Waals surface area contributed by atoms with Crippen molar-refractivity contribution in [1.29, 1.82) is 0 Å². The minimum atomic E-state index is -3.66. The van der Waals surface area contributed by atoms with Crippen LogP contribution in [0, 0.1) is 0 Å². The summed E-state index contributed by atoms with van der Waals surface area (Å²) in [7, 11) is -3.66. The third-order valence-electron chi connectivity index (χ3n) is 3.15. The van der Waals surface area contributed by atoms with E-state index in [-0.39, 0.29) is 9.20 Å². The maximum Gasteiger partial charge on any atom is 0.251 e. The Balaban J connectivity index is 2.33. The van der Waals surface area contributed by atoms with Crippen LogP contribution in [0.1, 0.15) is 25.7 Å². The SMILES string of the molecule is NC(=S)C1(NS(=O)(=O)c2cc(Cl)c(Br)s2)CCCC1. The largest absolute Gasteiger partial charge is 0.392 e. The van der Waals surface area contributed by atoms with Gasteiger partial charge in [-0.25, -0.2) is 8.42 Å². The van der Waals surface area contributed by atoms with E-state index in [9.17, 15) is 8.42 Å². The lowest BCUT2D eigenvalue weighted by Gasteiger charge is -2.28. The standard InChI is InChI=1S/C10H12BrClN2O2S3/c11-8-6(12)5-7(18-8)19(15,16)14-10(9(13)17)3-1-2-4-10/h5,14H,1-4H2,(H2,13,17). The van der Waals surface area contributed by atoms with Crippen LogP contribution >= 0.6 is 51.1 Å². The molecule has 0 aliphatic heterocycles. The second-order valence-corrected chi connectivity index (χ2v) is 9.57. The van der Waals surface area contributed by atoms with Gasteiger partial charge in [-0.2, -0.15) is 4.72 Å². The number of halogens is 2. The Labute approximate surface area is 134 Å². The summed E-state index contributed by atoms with van der Waals surface area (Å²) in [5.41, 5.74) is 4.93. The molecule has 0 radical (unpaired) electrons. The van der Waals surface area contributed by atoms with Crippen molar-refractivity contribution in [3.05, 3.63) is 14.9 Å². The first kappa shape index (κ1) is 15.7. The zero-order chi connectivity index (χ0) is 14.3. The molecule has 1 saturated carbocycles. The molecule has 1 fully saturated rings. The Morgan fingerprint density at radius 1 is 1.53 bits per heavy atom. The molecule has 1 aliphatic carbocycles. The Bertz CT molecular complexity index is 589. The second kappa shape index (κ2) is 5.57. The van der Waals surface area contributed by atoms with Gasteiger partial charge in [-0.1, -0.05) is 36.7 Å². The van der Waals surface area contributed by atoms with Gasteiger partial charge in [0.05, 0.1) is 19.3 Å². The molecule has 9 heteroatoms. The van der Waals surface area contributed by atoms with E-state index < -0.39 is 15.6 Å². The molecule has 0 spiro atoms. The summed E-state index contributed by atoms with van der Waals surface area (Å²) in [6.45, 7) is 0. The third kappa shape index (κ3) is 3.14. The van der Waals surface area contributed by atoms with E-state index in [1.807, 2.05) is 0 Å². The van der Waals surface area contributed by atoms with Gasteiger partial charge in [-0.05, 0) is 34.8 Å². The highest BCUT2D eigenvalue weighted by atomic mass is 79.9. The lowest BCUT2D eigenvalue weighted by Crippen LogP contribution is -2.54. The lowest BCUT2D eigenvalue weighted by molar-refractivity contribution is 0.504. The number of nitrogens with two attached hydrogens (primary N) is 1. The fourth-order valence-electron chi connectivity index (χ4n) is 2.14. The van der Waals surface area contributed by atoms with E-state index in [0.29, 0.717) is 21.7 Å². The second-order valence-electron chi connectivity index (χ2n) is 4.45. The average molecular weight is 404 g/mol. The highest BCUT2D eigenvalue weighted by Crippen LogP contribution is 2.37. The number of thiophene rings is 1. The molecule has 1 aromatic heterocycles. The first-order valence-corrected chi connectivity index (χ1v) is 9.43. The van der Waals surface area contributed by atoms with E-state index in [1.54, 1.807) is 0 Å². The van der Waals surface area contributed by atoms with Crippen LogP contribution in [-0.4, -0.2) is 18.9 Å². The van der Waals surface area contributed by atoms with E-state index in [2.05, 4.69) is 20.7 Å². The van der Waals surface area contributed by atoms with Crippen LogP contribution in [0.15, 0.2) is 14.1 Å². The first-order chi connectivity index (χ1) is 8.77. The minimum Gasteiger partial charge on any atom is -0.392 e. The van der Waals surface area contributed by atoms with Gasteiger partial charge in [0.15, 0.2) is 0 Å². The van der Waals surface area contributed by atoms with E-state index >= 15 is 0 Å². The summed E-state index contributed by atoms with van der Waals surface area (Å²) in [6, 6.07) is 1.42. The third-order valence-corrected chi connectivity index (χ3v) is 8.02. The van der Waals surface area contributed by atoms with E-state index in [4.69, 9.17) is 29.6 Å². The molecule has 0 amide bonds. The molecule has 1 aliphatic rings. The van der Waals surface area contributed by atoms with Gasteiger partial charge in [0.2, 0.25) is 0 Å². The summed E-state index contributed by atoms with van der Waals surface area (Å²) in [5.74, 6) is 0. The fourth-order valence-corrected chi connectivity index (χ4v) is 6.30. The maximum atomic E-state index is 12.4. The zero-order valence-electron chi connectivity index (χ0n) is 9.78. The lowest BCUT2D eigenvalue weighted by atomic mass is 10.00. The molecule has 0 bridgehead atoms. The Kier molecular flexibility index (Phi) is 4.59. The summed E-state index contributed by atoms with van der Waals surface area (Å²) >= 11 is 15.2. The number of sulfonamides is 1. The van der Waals surface area contributed by atoms with Crippen molar-refractivity contribution in [3.8, 4) is 0 Å². The van der Waals surface area contributed by atoms with Crippen molar-refractivity contribution < 1.29 is 8.42 Å². The highest BCUT2D eigenvalue weighted by molar-refractivity contribution is 9.11. The van der Waals surface area contributed by atoms with Crippen LogP contribution in [0.25, 0.3) is 0 Å². The van der Waals surface area contributed by atoms with Gasteiger partial charge < -0.3 is 5.73 Å². The van der Waals surface area contributed by atoms with Crippen LogP contribution in [0.4, 0.5) is 0 Å².